The zero-order chi connectivity index (χ0) is 21.0. The number of carbonyl (C=O) groups excluding carboxylic acids is 2. The van der Waals surface area contributed by atoms with Crippen LogP contribution in [0.4, 0.5) is 10.2 Å². The van der Waals surface area contributed by atoms with Crippen LogP contribution < -0.4 is 11.1 Å². The second kappa shape index (κ2) is 8.55. The fraction of sp³-hybridized carbons (Fsp3) is 0.429. The molecule has 1 unspecified atom stereocenters. The molecule has 1 aromatic heterocycles. The number of hydrogen-bond acceptors (Lipinski definition) is 5. The average molecular weight is 399 g/mol. The van der Waals surface area contributed by atoms with Gasteiger partial charge in [-0.3, -0.25) is 9.59 Å². The molecule has 1 aliphatic heterocycles. The molecule has 0 spiro atoms. The number of likely N-dealkylation sites (tertiary alicyclic amines) is 1. The number of hydrogen-bond donors (Lipinski definition) is 2. The molecule has 3 rings (SSSR count). The van der Waals surface area contributed by atoms with Crippen LogP contribution in [-0.2, 0) is 10.2 Å². The third kappa shape index (κ3) is 5.07. The van der Waals surface area contributed by atoms with Gasteiger partial charge >= 0.3 is 0 Å². The van der Waals surface area contributed by atoms with Crippen molar-refractivity contribution in [2.75, 3.05) is 25.0 Å². The first-order valence-electron chi connectivity index (χ1n) is 9.68. The number of primary amides is 1. The average Bonchev–Trinajstić information content (AvgIpc) is 2.72. The van der Waals surface area contributed by atoms with Crippen LogP contribution in [0.15, 0.2) is 36.4 Å². The number of nitrogens with zero attached hydrogens (tertiary/aromatic N) is 3. The maximum atomic E-state index is 13.1. The van der Waals surface area contributed by atoms with Gasteiger partial charge in [0.05, 0.1) is 5.92 Å². The molecule has 2 heterocycles. The summed E-state index contributed by atoms with van der Waals surface area (Å²) in [6, 6.07) is 9.75. The van der Waals surface area contributed by atoms with Gasteiger partial charge in [0.25, 0.3) is 5.91 Å². The predicted octanol–water partition coefficient (Wildman–Crippen LogP) is 2.34. The lowest BCUT2D eigenvalue weighted by molar-refractivity contribution is -0.123. The fourth-order valence-corrected chi connectivity index (χ4v) is 3.41. The first-order valence-corrected chi connectivity index (χ1v) is 9.68. The molecule has 0 saturated carbocycles. The van der Waals surface area contributed by atoms with E-state index < -0.39 is 0 Å². The van der Waals surface area contributed by atoms with E-state index in [-0.39, 0.29) is 34.7 Å². The number of anilines is 1. The lowest BCUT2D eigenvalue weighted by Gasteiger charge is -2.30. The summed E-state index contributed by atoms with van der Waals surface area (Å²) >= 11 is 0. The van der Waals surface area contributed by atoms with Gasteiger partial charge in [-0.05, 0) is 42.7 Å². The van der Waals surface area contributed by atoms with Gasteiger partial charge in [0.15, 0.2) is 5.69 Å². The summed E-state index contributed by atoms with van der Waals surface area (Å²) < 4.78 is 13.1. The van der Waals surface area contributed by atoms with E-state index in [1.54, 1.807) is 29.2 Å². The van der Waals surface area contributed by atoms with E-state index in [1.165, 1.54) is 12.1 Å². The van der Waals surface area contributed by atoms with Crippen molar-refractivity contribution in [1.82, 2.24) is 15.1 Å². The van der Waals surface area contributed by atoms with Crippen molar-refractivity contribution in [3.05, 3.63) is 53.5 Å². The number of aromatic nitrogens is 2. The molecule has 2 aromatic rings. The Morgan fingerprint density at radius 2 is 1.93 bits per heavy atom. The van der Waals surface area contributed by atoms with E-state index in [4.69, 9.17) is 5.73 Å². The largest absolute Gasteiger partial charge is 0.369 e. The van der Waals surface area contributed by atoms with Crippen molar-refractivity contribution in [3.8, 4) is 0 Å². The molecule has 0 bridgehead atoms. The lowest BCUT2D eigenvalue weighted by atomic mass is 9.84. The number of rotatable bonds is 6. The highest BCUT2D eigenvalue weighted by atomic mass is 19.1. The Labute approximate surface area is 169 Å². The third-order valence-electron chi connectivity index (χ3n) is 5.33. The van der Waals surface area contributed by atoms with Crippen molar-refractivity contribution < 1.29 is 14.0 Å². The third-order valence-corrected chi connectivity index (χ3v) is 5.33. The maximum absolute atomic E-state index is 13.1. The summed E-state index contributed by atoms with van der Waals surface area (Å²) in [5.74, 6) is -0.654. The van der Waals surface area contributed by atoms with Gasteiger partial charge in [0, 0.05) is 25.0 Å². The van der Waals surface area contributed by atoms with Gasteiger partial charge in [-0.2, -0.15) is 0 Å². The van der Waals surface area contributed by atoms with E-state index in [0.29, 0.717) is 31.9 Å². The molecule has 1 saturated heterocycles. The Balaban J connectivity index is 1.60. The minimum atomic E-state index is -0.378. The molecule has 1 aromatic carbocycles. The van der Waals surface area contributed by atoms with Crippen LogP contribution in [0.2, 0.25) is 0 Å². The summed E-state index contributed by atoms with van der Waals surface area (Å²) in [6.07, 6.45) is 1.45. The zero-order valence-corrected chi connectivity index (χ0v) is 16.7. The lowest BCUT2D eigenvalue weighted by Crippen LogP contribution is -2.44. The molecular weight excluding hydrogens is 373 g/mol. The molecule has 2 amide bonds. The molecule has 3 N–H and O–H groups in total. The Hall–Kier alpha value is -3.03. The molecule has 1 atom stereocenters. The first kappa shape index (κ1) is 20.7. The Morgan fingerprint density at radius 3 is 2.55 bits per heavy atom. The molecule has 29 heavy (non-hydrogen) atoms. The standard InChI is InChI=1S/C21H26FN5O2/c1-21(2,15-5-7-16(22)8-6-15)13-24-18-10-9-17(25-26-18)20(29)27-11-3-4-14(12-27)19(23)28/h5-10,14H,3-4,11-13H2,1-2H3,(H2,23,28)(H,24,26). The molecule has 1 aliphatic rings. The molecular formula is C21H26FN5O2. The van der Waals surface area contributed by atoms with E-state index >= 15 is 0 Å². The Morgan fingerprint density at radius 1 is 1.21 bits per heavy atom. The number of carbonyl (C=O) groups is 2. The van der Waals surface area contributed by atoms with E-state index in [0.717, 1.165) is 12.0 Å². The molecule has 7 nitrogen and oxygen atoms in total. The molecule has 0 radical (unpaired) electrons. The van der Waals surface area contributed by atoms with Gasteiger partial charge < -0.3 is 16.0 Å². The quantitative estimate of drug-likeness (QED) is 0.776. The van der Waals surface area contributed by atoms with E-state index in [9.17, 15) is 14.0 Å². The van der Waals surface area contributed by atoms with Gasteiger partial charge in [0.2, 0.25) is 5.91 Å². The Kier molecular flexibility index (Phi) is 6.10. The van der Waals surface area contributed by atoms with E-state index in [2.05, 4.69) is 15.5 Å². The number of nitrogens with two attached hydrogens (primary N) is 1. The highest BCUT2D eigenvalue weighted by Crippen LogP contribution is 2.24. The normalized spacial score (nSPS) is 17.1. The smallest absolute Gasteiger partial charge is 0.274 e. The number of nitrogens with one attached hydrogen (secondary N) is 1. The highest BCUT2D eigenvalue weighted by Gasteiger charge is 2.28. The summed E-state index contributed by atoms with van der Waals surface area (Å²) in [5.41, 5.74) is 6.36. The number of halogens is 1. The van der Waals surface area contributed by atoms with Gasteiger partial charge in [-0.25, -0.2) is 4.39 Å². The molecule has 0 aliphatic carbocycles. The number of amides is 2. The second-order valence-corrected chi connectivity index (χ2v) is 8.04. The summed E-state index contributed by atoms with van der Waals surface area (Å²) in [4.78, 5) is 25.6. The van der Waals surface area contributed by atoms with Gasteiger partial charge in [-0.1, -0.05) is 26.0 Å². The number of benzene rings is 1. The van der Waals surface area contributed by atoms with Crippen molar-refractivity contribution in [2.45, 2.75) is 32.1 Å². The van der Waals surface area contributed by atoms with Crippen molar-refractivity contribution in [2.24, 2.45) is 11.7 Å². The summed E-state index contributed by atoms with van der Waals surface area (Å²) in [7, 11) is 0. The van der Waals surface area contributed by atoms with Crippen LogP contribution in [-0.4, -0.2) is 46.5 Å². The highest BCUT2D eigenvalue weighted by molar-refractivity contribution is 5.92. The zero-order valence-electron chi connectivity index (χ0n) is 16.7. The molecule has 8 heteroatoms. The monoisotopic (exact) mass is 399 g/mol. The summed E-state index contributed by atoms with van der Waals surface area (Å²) in [5, 5.41) is 11.4. The van der Waals surface area contributed by atoms with Crippen molar-refractivity contribution in [3.63, 3.8) is 0 Å². The molecule has 1 fully saturated rings. The van der Waals surface area contributed by atoms with Crippen LogP contribution in [0.25, 0.3) is 0 Å². The second-order valence-electron chi connectivity index (χ2n) is 8.04. The van der Waals surface area contributed by atoms with Crippen molar-refractivity contribution in [1.29, 1.82) is 0 Å². The van der Waals surface area contributed by atoms with Gasteiger partial charge in [-0.15, -0.1) is 10.2 Å². The Bertz CT molecular complexity index is 868. The van der Waals surface area contributed by atoms with Crippen LogP contribution >= 0.6 is 0 Å². The van der Waals surface area contributed by atoms with Gasteiger partial charge in [0.1, 0.15) is 11.6 Å². The SMILES string of the molecule is CC(C)(CNc1ccc(C(=O)N2CCCC(C(N)=O)C2)nn1)c1ccc(F)cc1. The minimum Gasteiger partial charge on any atom is -0.369 e. The fourth-order valence-electron chi connectivity index (χ4n) is 3.41. The molecule has 154 valence electrons. The maximum Gasteiger partial charge on any atom is 0.274 e. The van der Waals surface area contributed by atoms with E-state index in [1.807, 2.05) is 13.8 Å². The summed E-state index contributed by atoms with van der Waals surface area (Å²) in [6.45, 7) is 5.55. The first-order chi connectivity index (χ1) is 13.8. The minimum absolute atomic E-state index is 0.235. The number of piperidine rings is 1. The topological polar surface area (TPSA) is 101 Å². The van der Waals surface area contributed by atoms with Crippen LogP contribution in [0.3, 0.4) is 0 Å². The van der Waals surface area contributed by atoms with Crippen LogP contribution in [0.1, 0.15) is 42.7 Å². The van der Waals surface area contributed by atoms with Crippen LogP contribution in [0.5, 0.6) is 0 Å². The van der Waals surface area contributed by atoms with Crippen LogP contribution in [0, 0.1) is 11.7 Å². The van der Waals surface area contributed by atoms with Crippen molar-refractivity contribution >= 4 is 17.6 Å². The predicted molar refractivity (Wildman–Crippen MR) is 108 cm³/mol.